The lowest BCUT2D eigenvalue weighted by atomic mass is 10.1. The summed E-state index contributed by atoms with van der Waals surface area (Å²) < 4.78 is 16.0. The van der Waals surface area contributed by atoms with E-state index in [0.717, 1.165) is 11.3 Å². The summed E-state index contributed by atoms with van der Waals surface area (Å²) >= 11 is 0. The molecule has 3 aromatic carbocycles. The number of carbonyl (C=O) groups excluding carboxylic acids is 2. The molecule has 3 rings (SSSR count). The van der Waals surface area contributed by atoms with Gasteiger partial charge in [0.2, 0.25) is 0 Å². The molecule has 0 saturated heterocycles. The second-order valence-electron chi connectivity index (χ2n) is 6.85. The van der Waals surface area contributed by atoms with Crippen LogP contribution in [0.3, 0.4) is 0 Å². The average molecular weight is 419 g/mol. The van der Waals surface area contributed by atoms with Gasteiger partial charge in [-0.05, 0) is 42.0 Å². The molecule has 0 aliphatic rings. The molecule has 6 heteroatoms. The molecule has 31 heavy (non-hydrogen) atoms. The van der Waals surface area contributed by atoms with E-state index < -0.39 is 5.97 Å². The van der Waals surface area contributed by atoms with E-state index in [1.807, 2.05) is 30.3 Å². The quantitative estimate of drug-likeness (QED) is 0.384. The zero-order chi connectivity index (χ0) is 22.1. The van der Waals surface area contributed by atoms with Crippen LogP contribution >= 0.6 is 0 Å². The SMILES string of the molecule is COc1ccc(OCCOC(=O)c2ccccc2C(=O)N(C)Cc2ccccc2)cc1. The number of hydrogen-bond donors (Lipinski definition) is 0. The number of ether oxygens (including phenoxy) is 3. The van der Waals surface area contributed by atoms with Crippen LogP contribution in [0.4, 0.5) is 0 Å². The molecular weight excluding hydrogens is 394 g/mol. The van der Waals surface area contributed by atoms with Crippen molar-refractivity contribution in [1.29, 1.82) is 0 Å². The Morgan fingerprint density at radius 2 is 1.39 bits per heavy atom. The number of hydrogen-bond acceptors (Lipinski definition) is 5. The van der Waals surface area contributed by atoms with Crippen LogP contribution in [-0.2, 0) is 11.3 Å². The first kappa shape index (κ1) is 21.9. The molecule has 0 bridgehead atoms. The van der Waals surface area contributed by atoms with E-state index in [0.29, 0.717) is 17.9 Å². The minimum atomic E-state index is -0.560. The highest BCUT2D eigenvalue weighted by Gasteiger charge is 2.20. The van der Waals surface area contributed by atoms with Crippen LogP contribution in [-0.4, -0.2) is 44.1 Å². The largest absolute Gasteiger partial charge is 0.497 e. The zero-order valence-corrected chi connectivity index (χ0v) is 17.6. The van der Waals surface area contributed by atoms with Crippen molar-refractivity contribution in [2.75, 3.05) is 27.4 Å². The van der Waals surface area contributed by atoms with E-state index >= 15 is 0 Å². The molecule has 0 saturated carbocycles. The predicted octanol–water partition coefficient (Wildman–Crippen LogP) is 4.20. The maximum atomic E-state index is 12.9. The molecule has 0 N–H and O–H groups in total. The molecule has 0 fully saturated rings. The maximum absolute atomic E-state index is 12.9. The third-order valence-corrected chi connectivity index (χ3v) is 4.63. The molecular formula is C25H25NO5. The summed E-state index contributed by atoms with van der Waals surface area (Å²) in [5, 5.41) is 0. The first-order chi connectivity index (χ1) is 15.1. The van der Waals surface area contributed by atoms with Crippen molar-refractivity contribution in [3.05, 3.63) is 95.6 Å². The van der Waals surface area contributed by atoms with E-state index in [1.165, 1.54) is 0 Å². The number of rotatable bonds is 9. The molecule has 0 aliphatic heterocycles. The average Bonchev–Trinajstić information content (AvgIpc) is 2.82. The highest BCUT2D eigenvalue weighted by atomic mass is 16.6. The Hall–Kier alpha value is -3.80. The van der Waals surface area contributed by atoms with Gasteiger partial charge in [0.15, 0.2) is 0 Å². The second-order valence-corrected chi connectivity index (χ2v) is 6.85. The van der Waals surface area contributed by atoms with Crippen molar-refractivity contribution >= 4 is 11.9 Å². The summed E-state index contributed by atoms with van der Waals surface area (Å²) in [6, 6.07) is 23.5. The number of amides is 1. The van der Waals surface area contributed by atoms with Gasteiger partial charge in [-0.25, -0.2) is 4.79 Å². The Morgan fingerprint density at radius 3 is 2.06 bits per heavy atom. The van der Waals surface area contributed by atoms with Gasteiger partial charge in [0.05, 0.1) is 18.2 Å². The minimum absolute atomic E-state index is 0.0627. The smallest absolute Gasteiger partial charge is 0.339 e. The summed E-state index contributed by atoms with van der Waals surface area (Å²) in [5.41, 5.74) is 1.55. The highest BCUT2D eigenvalue weighted by molar-refractivity contribution is 6.05. The second kappa shape index (κ2) is 10.8. The number of benzene rings is 3. The van der Waals surface area contributed by atoms with Crippen molar-refractivity contribution in [2.24, 2.45) is 0 Å². The molecule has 0 radical (unpaired) electrons. The normalized spacial score (nSPS) is 10.3. The van der Waals surface area contributed by atoms with Crippen molar-refractivity contribution in [1.82, 2.24) is 4.90 Å². The van der Waals surface area contributed by atoms with Crippen molar-refractivity contribution in [3.8, 4) is 11.5 Å². The lowest BCUT2D eigenvalue weighted by Crippen LogP contribution is -2.28. The molecule has 160 valence electrons. The Kier molecular flexibility index (Phi) is 7.65. The number of methoxy groups -OCH3 is 1. The van der Waals surface area contributed by atoms with Gasteiger partial charge >= 0.3 is 5.97 Å². The van der Waals surface area contributed by atoms with Crippen molar-refractivity contribution in [3.63, 3.8) is 0 Å². The highest BCUT2D eigenvalue weighted by Crippen LogP contribution is 2.17. The van der Waals surface area contributed by atoms with Crippen LogP contribution in [0.5, 0.6) is 11.5 Å². The van der Waals surface area contributed by atoms with E-state index in [1.54, 1.807) is 67.6 Å². The van der Waals surface area contributed by atoms with E-state index in [2.05, 4.69) is 0 Å². The molecule has 6 nitrogen and oxygen atoms in total. The van der Waals surface area contributed by atoms with Gasteiger partial charge in [0.1, 0.15) is 24.7 Å². The van der Waals surface area contributed by atoms with E-state index in [9.17, 15) is 9.59 Å². The van der Waals surface area contributed by atoms with Crippen LogP contribution < -0.4 is 9.47 Å². The molecule has 0 spiro atoms. The summed E-state index contributed by atoms with van der Waals surface area (Å²) in [7, 11) is 3.30. The molecule has 0 heterocycles. The molecule has 3 aromatic rings. The van der Waals surface area contributed by atoms with Gasteiger partial charge in [0.25, 0.3) is 5.91 Å². The van der Waals surface area contributed by atoms with Crippen LogP contribution in [0.25, 0.3) is 0 Å². The number of carbonyl (C=O) groups is 2. The fourth-order valence-corrected chi connectivity index (χ4v) is 3.03. The Balaban J connectivity index is 1.56. The Labute approximate surface area is 182 Å². The summed E-state index contributed by atoms with van der Waals surface area (Å²) in [6.07, 6.45) is 0. The van der Waals surface area contributed by atoms with Gasteiger partial charge in [-0.2, -0.15) is 0 Å². The molecule has 0 aromatic heterocycles. The van der Waals surface area contributed by atoms with E-state index in [4.69, 9.17) is 14.2 Å². The topological polar surface area (TPSA) is 65.1 Å². The summed E-state index contributed by atoms with van der Waals surface area (Å²) in [4.78, 5) is 27.1. The summed E-state index contributed by atoms with van der Waals surface area (Å²) in [6.45, 7) is 0.702. The van der Waals surface area contributed by atoms with Crippen LogP contribution in [0.2, 0.25) is 0 Å². The lowest BCUT2D eigenvalue weighted by Gasteiger charge is -2.19. The monoisotopic (exact) mass is 419 g/mol. The molecule has 0 aliphatic carbocycles. The third-order valence-electron chi connectivity index (χ3n) is 4.63. The third kappa shape index (κ3) is 6.09. The minimum Gasteiger partial charge on any atom is -0.497 e. The predicted molar refractivity (Wildman–Crippen MR) is 117 cm³/mol. The van der Waals surface area contributed by atoms with Gasteiger partial charge < -0.3 is 19.1 Å². The van der Waals surface area contributed by atoms with E-state index in [-0.39, 0.29) is 24.7 Å². The van der Waals surface area contributed by atoms with Gasteiger partial charge in [-0.15, -0.1) is 0 Å². The Morgan fingerprint density at radius 1 is 0.774 bits per heavy atom. The number of esters is 1. The standard InChI is InChI=1S/C25H25NO5/c1-26(18-19-8-4-3-5-9-19)24(27)22-10-6-7-11-23(22)25(28)31-17-16-30-21-14-12-20(29-2)13-15-21/h3-15H,16-18H2,1-2H3. The first-order valence-corrected chi connectivity index (χ1v) is 9.91. The van der Waals surface area contributed by atoms with Crippen LogP contribution in [0, 0.1) is 0 Å². The first-order valence-electron chi connectivity index (χ1n) is 9.91. The maximum Gasteiger partial charge on any atom is 0.339 e. The van der Waals surface area contributed by atoms with Gasteiger partial charge in [0, 0.05) is 13.6 Å². The Bertz CT molecular complexity index is 1000. The van der Waals surface area contributed by atoms with Gasteiger partial charge in [-0.3, -0.25) is 4.79 Å². The van der Waals surface area contributed by atoms with Crippen molar-refractivity contribution < 1.29 is 23.8 Å². The molecule has 1 amide bonds. The fraction of sp³-hybridized carbons (Fsp3) is 0.200. The summed E-state index contributed by atoms with van der Waals surface area (Å²) in [5.74, 6) is 0.577. The fourth-order valence-electron chi connectivity index (χ4n) is 3.03. The van der Waals surface area contributed by atoms with Gasteiger partial charge in [-0.1, -0.05) is 42.5 Å². The lowest BCUT2D eigenvalue weighted by molar-refractivity contribution is 0.0445. The van der Waals surface area contributed by atoms with Crippen LogP contribution in [0.1, 0.15) is 26.3 Å². The zero-order valence-electron chi connectivity index (χ0n) is 17.6. The van der Waals surface area contributed by atoms with Crippen molar-refractivity contribution in [2.45, 2.75) is 6.54 Å². The number of nitrogens with zero attached hydrogens (tertiary/aromatic N) is 1. The van der Waals surface area contributed by atoms with Crippen LogP contribution in [0.15, 0.2) is 78.9 Å². The molecule has 0 unspecified atom stereocenters. The molecule has 0 atom stereocenters.